The summed E-state index contributed by atoms with van der Waals surface area (Å²) in [5.74, 6) is -0.682. The number of benzene rings is 2. The highest BCUT2D eigenvalue weighted by atomic mass is 19.1. The molecule has 0 aromatic heterocycles. The minimum Gasteiger partial charge on any atom is -0.379 e. The van der Waals surface area contributed by atoms with Gasteiger partial charge in [0.25, 0.3) is 0 Å². The SMILES string of the molecule is Cc1cc(CNc2ccc(C#N)cc2F)cc(C)c1F. The van der Waals surface area contributed by atoms with E-state index in [0.29, 0.717) is 23.4 Å². The van der Waals surface area contributed by atoms with Crippen LogP contribution in [-0.2, 0) is 6.54 Å². The Morgan fingerprint density at radius 2 is 1.75 bits per heavy atom. The number of nitrogens with zero attached hydrogens (tertiary/aromatic N) is 1. The Bertz CT molecular complexity index is 664. The average molecular weight is 272 g/mol. The van der Waals surface area contributed by atoms with Crippen LogP contribution >= 0.6 is 0 Å². The number of hydrogen-bond acceptors (Lipinski definition) is 2. The van der Waals surface area contributed by atoms with Crippen molar-refractivity contribution >= 4 is 5.69 Å². The summed E-state index contributed by atoms with van der Waals surface area (Å²) in [6.07, 6.45) is 0. The third-order valence-corrected chi connectivity index (χ3v) is 3.08. The summed E-state index contributed by atoms with van der Waals surface area (Å²) in [5.41, 5.74) is 2.62. The highest BCUT2D eigenvalue weighted by molar-refractivity contribution is 5.49. The zero-order chi connectivity index (χ0) is 14.7. The van der Waals surface area contributed by atoms with Gasteiger partial charge in [-0.3, -0.25) is 0 Å². The van der Waals surface area contributed by atoms with Gasteiger partial charge in [-0.1, -0.05) is 12.1 Å². The molecule has 0 heterocycles. The molecule has 0 saturated heterocycles. The van der Waals surface area contributed by atoms with Crippen molar-refractivity contribution in [3.8, 4) is 6.07 Å². The molecule has 0 aliphatic carbocycles. The molecule has 0 spiro atoms. The molecule has 1 N–H and O–H groups in total. The monoisotopic (exact) mass is 272 g/mol. The number of anilines is 1. The predicted molar refractivity (Wildman–Crippen MR) is 74.3 cm³/mol. The second kappa shape index (κ2) is 5.70. The van der Waals surface area contributed by atoms with Gasteiger partial charge >= 0.3 is 0 Å². The molecule has 0 saturated carbocycles. The lowest BCUT2D eigenvalue weighted by Gasteiger charge is -2.10. The first kappa shape index (κ1) is 14.0. The van der Waals surface area contributed by atoms with Gasteiger partial charge in [0.1, 0.15) is 11.6 Å². The summed E-state index contributed by atoms with van der Waals surface area (Å²) in [7, 11) is 0. The third-order valence-electron chi connectivity index (χ3n) is 3.08. The smallest absolute Gasteiger partial charge is 0.147 e. The summed E-state index contributed by atoms with van der Waals surface area (Å²) >= 11 is 0. The number of halogens is 2. The Hall–Kier alpha value is -2.41. The number of rotatable bonds is 3. The molecule has 0 aliphatic rings. The van der Waals surface area contributed by atoms with E-state index in [1.165, 1.54) is 12.1 Å². The topological polar surface area (TPSA) is 35.8 Å². The van der Waals surface area contributed by atoms with E-state index in [1.807, 2.05) is 6.07 Å². The third kappa shape index (κ3) is 2.94. The van der Waals surface area contributed by atoms with Crippen LogP contribution in [0.15, 0.2) is 30.3 Å². The Morgan fingerprint density at radius 3 is 2.30 bits per heavy atom. The fourth-order valence-corrected chi connectivity index (χ4v) is 2.06. The Kier molecular flexibility index (Phi) is 3.99. The maximum Gasteiger partial charge on any atom is 0.147 e. The van der Waals surface area contributed by atoms with Crippen molar-refractivity contribution < 1.29 is 8.78 Å². The lowest BCUT2D eigenvalue weighted by molar-refractivity contribution is 0.608. The minimum atomic E-state index is -0.473. The van der Waals surface area contributed by atoms with E-state index >= 15 is 0 Å². The number of nitrogens with one attached hydrogen (secondary N) is 1. The van der Waals surface area contributed by atoms with E-state index in [9.17, 15) is 8.78 Å². The minimum absolute atomic E-state index is 0.210. The van der Waals surface area contributed by atoms with Crippen LogP contribution in [0.3, 0.4) is 0 Å². The first-order valence-electron chi connectivity index (χ1n) is 6.20. The molecule has 0 aliphatic heterocycles. The van der Waals surface area contributed by atoms with Crippen molar-refractivity contribution in [1.29, 1.82) is 5.26 Å². The lowest BCUT2D eigenvalue weighted by atomic mass is 10.1. The summed E-state index contributed by atoms with van der Waals surface area (Å²) in [4.78, 5) is 0. The molecule has 0 amide bonds. The quantitative estimate of drug-likeness (QED) is 0.914. The maximum absolute atomic E-state index is 13.7. The summed E-state index contributed by atoms with van der Waals surface area (Å²) in [5, 5.41) is 11.6. The van der Waals surface area contributed by atoms with Gasteiger partial charge in [-0.15, -0.1) is 0 Å². The molecule has 0 unspecified atom stereocenters. The standard InChI is InChI=1S/C16H14F2N2/c1-10-5-13(6-11(2)16(10)18)9-20-15-4-3-12(8-19)7-14(15)17/h3-7,20H,9H2,1-2H3. The maximum atomic E-state index is 13.7. The van der Waals surface area contributed by atoms with Crippen LogP contribution in [0.1, 0.15) is 22.3 Å². The summed E-state index contributed by atoms with van der Waals surface area (Å²) in [6.45, 7) is 3.80. The fourth-order valence-electron chi connectivity index (χ4n) is 2.06. The summed E-state index contributed by atoms with van der Waals surface area (Å²) < 4.78 is 27.2. The van der Waals surface area contributed by atoms with Crippen molar-refractivity contribution in [3.63, 3.8) is 0 Å². The zero-order valence-electron chi connectivity index (χ0n) is 11.3. The average Bonchev–Trinajstić information content (AvgIpc) is 2.43. The molecule has 4 heteroatoms. The highest BCUT2D eigenvalue weighted by Gasteiger charge is 2.06. The molecule has 0 radical (unpaired) electrons. The van der Waals surface area contributed by atoms with Gasteiger partial charge in [0.15, 0.2) is 0 Å². The molecule has 2 aromatic carbocycles. The largest absolute Gasteiger partial charge is 0.379 e. The number of aryl methyl sites for hydroxylation is 2. The van der Waals surface area contributed by atoms with Gasteiger partial charge in [0.2, 0.25) is 0 Å². The van der Waals surface area contributed by atoms with E-state index in [2.05, 4.69) is 5.32 Å². The van der Waals surface area contributed by atoms with Gasteiger partial charge < -0.3 is 5.32 Å². The van der Waals surface area contributed by atoms with Crippen molar-refractivity contribution in [2.24, 2.45) is 0 Å². The number of hydrogen-bond donors (Lipinski definition) is 1. The second-order valence-corrected chi connectivity index (χ2v) is 4.70. The zero-order valence-corrected chi connectivity index (χ0v) is 11.3. The van der Waals surface area contributed by atoms with Crippen LogP contribution in [0.25, 0.3) is 0 Å². The van der Waals surface area contributed by atoms with E-state index in [1.54, 1.807) is 32.0 Å². The van der Waals surface area contributed by atoms with Crippen LogP contribution in [0.2, 0.25) is 0 Å². The van der Waals surface area contributed by atoms with Crippen molar-refractivity contribution in [2.45, 2.75) is 20.4 Å². The molecule has 2 nitrogen and oxygen atoms in total. The van der Waals surface area contributed by atoms with Gasteiger partial charge in [-0.25, -0.2) is 8.78 Å². The van der Waals surface area contributed by atoms with E-state index in [-0.39, 0.29) is 11.4 Å². The highest BCUT2D eigenvalue weighted by Crippen LogP contribution is 2.19. The first-order chi connectivity index (χ1) is 9.51. The van der Waals surface area contributed by atoms with Gasteiger partial charge in [0, 0.05) is 6.54 Å². The van der Waals surface area contributed by atoms with Gasteiger partial charge in [-0.2, -0.15) is 5.26 Å². The molecule has 2 rings (SSSR count). The lowest BCUT2D eigenvalue weighted by Crippen LogP contribution is -2.03. The second-order valence-electron chi connectivity index (χ2n) is 4.70. The van der Waals surface area contributed by atoms with Gasteiger partial charge in [-0.05, 0) is 48.7 Å². The van der Waals surface area contributed by atoms with E-state index in [4.69, 9.17) is 5.26 Å². The predicted octanol–water partition coefficient (Wildman–Crippen LogP) is 4.07. The molecule has 0 atom stereocenters. The van der Waals surface area contributed by atoms with Crippen LogP contribution in [0.4, 0.5) is 14.5 Å². The first-order valence-corrected chi connectivity index (χ1v) is 6.20. The molecule has 0 bridgehead atoms. The molecule has 0 fully saturated rings. The molecule has 102 valence electrons. The van der Waals surface area contributed by atoms with E-state index < -0.39 is 5.82 Å². The Morgan fingerprint density at radius 1 is 1.10 bits per heavy atom. The van der Waals surface area contributed by atoms with Gasteiger partial charge in [0.05, 0.1) is 17.3 Å². The number of nitriles is 1. The van der Waals surface area contributed by atoms with Crippen molar-refractivity contribution in [1.82, 2.24) is 0 Å². The van der Waals surface area contributed by atoms with Crippen LogP contribution in [0, 0.1) is 36.8 Å². The van der Waals surface area contributed by atoms with Crippen molar-refractivity contribution in [2.75, 3.05) is 5.32 Å². The van der Waals surface area contributed by atoms with Crippen molar-refractivity contribution in [3.05, 3.63) is 64.2 Å². The van der Waals surface area contributed by atoms with E-state index in [0.717, 1.165) is 5.56 Å². The van der Waals surface area contributed by atoms with Crippen LogP contribution in [0.5, 0.6) is 0 Å². The molecule has 2 aromatic rings. The molecular weight excluding hydrogens is 258 g/mol. The van der Waals surface area contributed by atoms with Crippen LogP contribution < -0.4 is 5.32 Å². The Balaban J connectivity index is 2.15. The van der Waals surface area contributed by atoms with Crippen LogP contribution in [-0.4, -0.2) is 0 Å². The fraction of sp³-hybridized carbons (Fsp3) is 0.188. The Labute approximate surface area is 116 Å². The summed E-state index contributed by atoms with van der Waals surface area (Å²) in [6, 6.07) is 9.60. The molecular formula is C16H14F2N2. The molecule has 20 heavy (non-hydrogen) atoms. The normalized spacial score (nSPS) is 10.2.